The molecule has 0 radical (unpaired) electrons. The van der Waals surface area contributed by atoms with Gasteiger partial charge in [0.2, 0.25) is 0 Å². The molecule has 0 bridgehead atoms. The van der Waals surface area contributed by atoms with Crippen molar-refractivity contribution in [2.45, 2.75) is 0 Å². The number of nitrogens with zero attached hydrogens (tertiary/aromatic N) is 2. The summed E-state index contributed by atoms with van der Waals surface area (Å²) in [5.74, 6) is -0.729. The molecule has 0 fully saturated rings. The lowest BCUT2D eigenvalue weighted by Gasteiger charge is -2.12. The number of hydrogen-bond acceptors (Lipinski definition) is 5. The number of aliphatic imine (C=N–C) groups is 1. The lowest BCUT2D eigenvalue weighted by molar-refractivity contribution is -0.384. The second-order valence-electron chi connectivity index (χ2n) is 3.99. The molecular formula is C13H7Cl2N2O4-. The van der Waals surface area contributed by atoms with Crippen LogP contribution in [0.4, 0.5) is 11.4 Å². The van der Waals surface area contributed by atoms with Crippen molar-refractivity contribution >= 4 is 40.8 Å². The average Bonchev–Trinajstić information content (AvgIpc) is 2.42. The molecule has 0 aliphatic carbocycles. The Kier molecular flexibility index (Phi) is 4.30. The first-order chi connectivity index (χ1) is 9.88. The Balaban J connectivity index is 2.42. The van der Waals surface area contributed by atoms with Crippen LogP contribution in [0, 0.1) is 10.1 Å². The zero-order valence-corrected chi connectivity index (χ0v) is 11.8. The zero-order chi connectivity index (χ0) is 15.6. The molecule has 0 unspecified atom stereocenters. The fourth-order valence-electron chi connectivity index (χ4n) is 1.54. The van der Waals surface area contributed by atoms with Crippen LogP contribution in [0.2, 0.25) is 10.0 Å². The summed E-state index contributed by atoms with van der Waals surface area (Å²) in [5, 5.41) is 32.2. The standard InChI is InChI=1S/C13H8Cl2N2O4/c14-8-3-7(13(19)10(15)4-8)6-16-11-5-9(17(20)21)1-2-12(11)18/h1-6,18-19H/p-1. The normalized spacial score (nSPS) is 11.0. The van der Waals surface area contributed by atoms with E-state index in [1.54, 1.807) is 0 Å². The van der Waals surface area contributed by atoms with Crippen LogP contribution in [0.3, 0.4) is 0 Å². The van der Waals surface area contributed by atoms with E-state index in [0.29, 0.717) is 0 Å². The maximum Gasteiger partial charge on any atom is 0.271 e. The van der Waals surface area contributed by atoms with Gasteiger partial charge in [-0.3, -0.25) is 15.1 Å². The van der Waals surface area contributed by atoms with Crippen LogP contribution in [0.5, 0.6) is 11.5 Å². The number of non-ortho nitro benzene ring substituents is 1. The number of phenolic OH excluding ortho intramolecular Hbond substituents is 1. The lowest BCUT2D eigenvalue weighted by atomic mass is 10.2. The summed E-state index contributed by atoms with van der Waals surface area (Å²) in [6, 6.07) is 6.03. The van der Waals surface area contributed by atoms with Crippen molar-refractivity contribution in [3.05, 3.63) is 56.1 Å². The molecule has 2 aromatic carbocycles. The Morgan fingerprint density at radius 2 is 1.95 bits per heavy atom. The summed E-state index contributed by atoms with van der Waals surface area (Å²) in [7, 11) is 0. The van der Waals surface area contributed by atoms with Gasteiger partial charge in [0.1, 0.15) is 11.4 Å². The van der Waals surface area contributed by atoms with Gasteiger partial charge in [-0.2, -0.15) is 0 Å². The molecule has 21 heavy (non-hydrogen) atoms. The molecule has 0 spiro atoms. The summed E-state index contributed by atoms with van der Waals surface area (Å²) >= 11 is 11.5. The molecule has 0 saturated carbocycles. The molecule has 0 saturated heterocycles. The number of nitro benzene ring substituents is 1. The van der Waals surface area contributed by atoms with Crippen molar-refractivity contribution in [2.75, 3.05) is 0 Å². The van der Waals surface area contributed by atoms with Crippen molar-refractivity contribution in [3.63, 3.8) is 0 Å². The largest absolute Gasteiger partial charge is 0.871 e. The van der Waals surface area contributed by atoms with Crippen LogP contribution in [0.25, 0.3) is 0 Å². The van der Waals surface area contributed by atoms with Crippen LogP contribution < -0.4 is 5.11 Å². The zero-order valence-electron chi connectivity index (χ0n) is 10.3. The third-order valence-electron chi connectivity index (χ3n) is 2.55. The van der Waals surface area contributed by atoms with Gasteiger partial charge < -0.3 is 10.2 Å². The molecule has 0 aromatic heterocycles. The van der Waals surface area contributed by atoms with Gasteiger partial charge in [0, 0.05) is 28.4 Å². The number of halogens is 2. The van der Waals surface area contributed by atoms with E-state index < -0.39 is 10.7 Å². The molecule has 2 rings (SSSR count). The molecular weight excluding hydrogens is 319 g/mol. The minimum atomic E-state index is -0.617. The van der Waals surface area contributed by atoms with Gasteiger partial charge in [0.15, 0.2) is 0 Å². The number of aromatic hydroxyl groups is 1. The Hall–Kier alpha value is -2.31. The minimum Gasteiger partial charge on any atom is -0.871 e. The van der Waals surface area contributed by atoms with Crippen molar-refractivity contribution in [2.24, 2.45) is 4.99 Å². The topological polar surface area (TPSA) is 98.8 Å². The van der Waals surface area contributed by atoms with Gasteiger partial charge in [-0.15, -0.1) is 0 Å². The van der Waals surface area contributed by atoms with Crippen LogP contribution in [-0.2, 0) is 0 Å². The summed E-state index contributed by atoms with van der Waals surface area (Å²) in [6.07, 6.45) is 1.14. The van der Waals surface area contributed by atoms with Crippen LogP contribution in [-0.4, -0.2) is 16.2 Å². The van der Waals surface area contributed by atoms with Crippen molar-refractivity contribution in [1.29, 1.82) is 0 Å². The fourth-order valence-corrected chi connectivity index (χ4v) is 2.05. The lowest BCUT2D eigenvalue weighted by Crippen LogP contribution is -1.97. The van der Waals surface area contributed by atoms with Gasteiger partial charge in [0.25, 0.3) is 5.69 Å². The Bertz CT molecular complexity index is 747. The molecule has 8 heteroatoms. The Labute approximate surface area is 129 Å². The minimum absolute atomic E-state index is 0.0419. The smallest absolute Gasteiger partial charge is 0.271 e. The first-order valence-corrected chi connectivity index (χ1v) is 6.31. The summed E-state index contributed by atoms with van der Waals surface area (Å²) in [6.45, 7) is 0. The van der Waals surface area contributed by atoms with Crippen LogP contribution in [0.15, 0.2) is 35.3 Å². The molecule has 0 aliphatic rings. The molecule has 0 amide bonds. The van der Waals surface area contributed by atoms with E-state index >= 15 is 0 Å². The predicted molar refractivity (Wildman–Crippen MR) is 77.9 cm³/mol. The molecule has 0 heterocycles. The fraction of sp³-hybridized carbons (Fsp3) is 0. The van der Waals surface area contributed by atoms with E-state index in [0.717, 1.165) is 24.4 Å². The number of phenols is 1. The van der Waals surface area contributed by atoms with E-state index in [1.807, 2.05) is 0 Å². The van der Waals surface area contributed by atoms with Gasteiger partial charge in [-0.05, 0) is 23.8 Å². The number of benzene rings is 2. The van der Waals surface area contributed by atoms with Crippen LogP contribution in [0.1, 0.15) is 5.56 Å². The second kappa shape index (κ2) is 5.99. The molecule has 0 atom stereocenters. The maximum atomic E-state index is 11.7. The number of nitro groups is 1. The average molecular weight is 326 g/mol. The molecule has 108 valence electrons. The van der Waals surface area contributed by atoms with Crippen LogP contribution >= 0.6 is 23.2 Å². The molecule has 2 aromatic rings. The number of rotatable bonds is 3. The van der Waals surface area contributed by atoms with Crippen molar-refractivity contribution < 1.29 is 15.1 Å². The SMILES string of the molecule is O=[N+]([O-])c1ccc(O)c(N=Cc2cc(Cl)cc(Cl)c2[O-])c1. The third-order valence-corrected chi connectivity index (χ3v) is 3.05. The van der Waals surface area contributed by atoms with Gasteiger partial charge in [-0.25, -0.2) is 0 Å². The number of hydrogen-bond donors (Lipinski definition) is 1. The van der Waals surface area contributed by atoms with E-state index in [2.05, 4.69) is 4.99 Å². The third kappa shape index (κ3) is 3.42. The van der Waals surface area contributed by atoms with Gasteiger partial charge in [-0.1, -0.05) is 29.0 Å². The highest BCUT2D eigenvalue weighted by Crippen LogP contribution is 2.32. The quantitative estimate of drug-likeness (QED) is 0.530. The van der Waals surface area contributed by atoms with Gasteiger partial charge in [0.05, 0.1) is 4.92 Å². The maximum absolute atomic E-state index is 11.7. The first-order valence-electron chi connectivity index (χ1n) is 5.56. The highest BCUT2D eigenvalue weighted by molar-refractivity contribution is 6.36. The Morgan fingerprint density at radius 3 is 2.62 bits per heavy atom. The van der Waals surface area contributed by atoms with E-state index in [4.69, 9.17) is 23.2 Å². The highest BCUT2D eigenvalue weighted by atomic mass is 35.5. The summed E-state index contributed by atoms with van der Waals surface area (Å²) in [4.78, 5) is 13.9. The second-order valence-corrected chi connectivity index (χ2v) is 4.84. The van der Waals surface area contributed by atoms with E-state index in [1.165, 1.54) is 12.1 Å². The first kappa shape index (κ1) is 15.1. The predicted octanol–water partition coefficient (Wildman–Crippen LogP) is 3.43. The highest BCUT2D eigenvalue weighted by Gasteiger charge is 2.09. The van der Waals surface area contributed by atoms with E-state index in [-0.39, 0.29) is 32.7 Å². The van der Waals surface area contributed by atoms with Crippen molar-refractivity contribution in [3.8, 4) is 11.5 Å². The summed E-state index contributed by atoms with van der Waals surface area (Å²) in [5.41, 5.74) is -0.162. The molecule has 6 nitrogen and oxygen atoms in total. The summed E-state index contributed by atoms with van der Waals surface area (Å²) < 4.78 is 0. The molecule has 0 aliphatic heterocycles. The Morgan fingerprint density at radius 1 is 1.24 bits per heavy atom. The van der Waals surface area contributed by atoms with Crippen molar-refractivity contribution in [1.82, 2.24) is 0 Å². The van der Waals surface area contributed by atoms with E-state index in [9.17, 15) is 20.3 Å². The monoisotopic (exact) mass is 325 g/mol. The van der Waals surface area contributed by atoms with Gasteiger partial charge >= 0.3 is 0 Å². The molecule has 1 N–H and O–H groups in total.